The molecule has 5 heteroatoms. The maximum absolute atomic E-state index is 12.0. The first-order valence-corrected chi connectivity index (χ1v) is 7.48. The highest BCUT2D eigenvalue weighted by molar-refractivity contribution is 5.97. The Labute approximate surface area is 126 Å². The molecule has 1 atom stereocenters. The van der Waals surface area contributed by atoms with Crippen molar-refractivity contribution < 1.29 is 9.59 Å². The van der Waals surface area contributed by atoms with Gasteiger partial charge < -0.3 is 16.0 Å². The summed E-state index contributed by atoms with van der Waals surface area (Å²) in [6.07, 6.45) is 1.86. The highest BCUT2D eigenvalue weighted by Gasteiger charge is 2.09. The average Bonchev–Trinajstić information content (AvgIpc) is 2.47. The van der Waals surface area contributed by atoms with Crippen LogP contribution in [-0.4, -0.2) is 30.9 Å². The highest BCUT2D eigenvalue weighted by Crippen LogP contribution is 2.11. The van der Waals surface area contributed by atoms with Crippen molar-refractivity contribution in [3.05, 3.63) is 29.8 Å². The number of benzene rings is 1. The predicted molar refractivity (Wildman–Crippen MR) is 85.5 cm³/mol. The minimum atomic E-state index is -0.121. The van der Waals surface area contributed by atoms with Gasteiger partial charge in [-0.2, -0.15) is 0 Å². The Kier molecular flexibility index (Phi) is 7.46. The van der Waals surface area contributed by atoms with Gasteiger partial charge >= 0.3 is 0 Å². The number of amides is 2. The van der Waals surface area contributed by atoms with Gasteiger partial charge in [0, 0.05) is 17.3 Å². The van der Waals surface area contributed by atoms with Crippen LogP contribution in [0.25, 0.3) is 0 Å². The van der Waals surface area contributed by atoms with Crippen LogP contribution in [-0.2, 0) is 4.79 Å². The van der Waals surface area contributed by atoms with Crippen molar-refractivity contribution >= 4 is 17.5 Å². The first kappa shape index (κ1) is 17.2. The van der Waals surface area contributed by atoms with Crippen molar-refractivity contribution in [2.45, 2.75) is 39.7 Å². The number of hydrogen-bond donors (Lipinski definition) is 3. The molecule has 0 aromatic heterocycles. The van der Waals surface area contributed by atoms with E-state index in [4.69, 9.17) is 0 Å². The van der Waals surface area contributed by atoms with Crippen molar-refractivity contribution in [2.24, 2.45) is 0 Å². The summed E-state index contributed by atoms with van der Waals surface area (Å²) in [5.41, 5.74) is 1.18. The van der Waals surface area contributed by atoms with E-state index < -0.39 is 0 Å². The zero-order valence-electron chi connectivity index (χ0n) is 13.0. The number of anilines is 1. The van der Waals surface area contributed by atoms with Crippen LogP contribution in [0.4, 0.5) is 5.69 Å². The summed E-state index contributed by atoms with van der Waals surface area (Å²) in [7, 11) is 0. The van der Waals surface area contributed by atoms with Crippen molar-refractivity contribution in [2.75, 3.05) is 18.4 Å². The van der Waals surface area contributed by atoms with Crippen molar-refractivity contribution in [3.8, 4) is 0 Å². The SMILES string of the molecule is CCCNCC(=O)Nc1cccc(C(=O)NC(C)CC)c1. The number of hydrogen-bond acceptors (Lipinski definition) is 3. The van der Waals surface area contributed by atoms with Crippen molar-refractivity contribution in [1.82, 2.24) is 10.6 Å². The van der Waals surface area contributed by atoms with Crippen LogP contribution in [0.15, 0.2) is 24.3 Å². The molecule has 1 unspecified atom stereocenters. The third-order valence-corrected chi connectivity index (χ3v) is 3.11. The lowest BCUT2D eigenvalue weighted by Crippen LogP contribution is -2.32. The van der Waals surface area contributed by atoms with E-state index in [0.717, 1.165) is 19.4 Å². The Morgan fingerprint density at radius 2 is 2.00 bits per heavy atom. The molecule has 0 saturated heterocycles. The van der Waals surface area contributed by atoms with Crippen LogP contribution in [0.2, 0.25) is 0 Å². The first-order chi connectivity index (χ1) is 10.1. The lowest BCUT2D eigenvalue weighted by Gasteiger charge is -2.12. The normalized spacial score (nSPS) is 11.8. The quantitative estimate of drug-likeness (QED) is 0.643. The lowest BCUT2D eigenvalue weighted by molar-refractivity contribution is -0.115. The smallest absolute Gasteiger partial charge is 0.251 e. The van der Waals surface area contributed by atoms with Gasteiger partial charge in [-0.05, 0) is 44.5 Å². The second-order valence-corrected chi connectivity index (χ2v) is 5.09. The van der Waals surface area contributed by atoms with E-state index in [0.29, 0.717) is 11.3 Å². The van der Waals surface area contributed by atoms with E-state index in [1.165, 1.54) is 0 Å². The highest BCUT2D eigenvalue weighted by atomic mass is 16.2. The maximum atomic E-state index is 12.0. The molecule has 0 spiro atoms. The van der Waals surface area contributed by atoms with Gasteiger partial charge in [0.2, 0.25) is 5.91 Å². The number of rotatable bonds is 8. The van der Waals surface area contributed by atoms with E-state index in [9.17, 15) is 9.59 Å². The van der Waals surface area contributed by atoms with E-state index in [1.54, 1.807) is 24.3 Å². The summed E-state index contributed by atoms with van der Waals surface area (Å²) in [6, 6.07) is 7.10. The molecule has 0 aliphatic carbocycles. The topological polar surface area (TPSA) is 70.2 Å². The molecule has 116 valence electrons. The van der Waals surface area contributed by atoms with Crippen LogP contribution >= 0.6 is 0 Å². The van der Waals surface area contributed by atoms with Gasteiger partial charge in [0.1, 0.15) is 0 Å². The lowest BCUT2D eigenvalue weighted by atomic mass is 10.1. The Bertz CT molecular complexity index is 474. The minimum Gasteiger partial charge on any atom is -0.350 e. The molecule has 5 nitrogen and oxygen atoms in total. The molecule has 2 amide bonds. The molecule has 0 aliphatic heterocycles. The molecule has 0 radical (unpaired) electrons. The largest absolute Gasteiger partial charge is 0.350 e. The second kappa shape index (κ2) is 9.13. The first-order valence-electron chi connectivity index (χ1n) is 7.48. The zero-order chi connectivity index (χ0) is 15.7. The number of carbonyl (C=O) groups excluding carboxylic acids is 2. The summed E-state index contributed by atoms with van der Waals surface area (Å²) in [6.45, 7) is 7.11. The molecule has 3 N–H and O–H groups in total. The fourth-order valence-corrected chi connectivity index (χ4v) is 1.73. The van der Waals surface area contributed by atoms with Gasteiger partial charge in [-0.15, -0.1) is 0 Å². The molecule has 21 heavy (non-hydrogen) atoms. The van der Waals surface area contributed by atoms with Gasteiger partial charge in [-0.3, -0.25) is 9.59 Å². The van der Waals surface area contributed by atoms with Crippen LogP contribution in [0.3, 0.4) is 0 Å². The Morgan fingerprint density at radius 3 is 2.67 bits per heavy atom. The van der Waals surface area contributed by atoms with Crippen LogP contribution in [0, 0.1) is 0 Å². The van der Waals surface area contributed by atoms with Crippen LogP contribution in [0.1, 0.15) is 44.0 Å². The molecule has 0 aliphatic rings. The van der Waals surface area contributed by atoms with E-state index in [2.05, 4.69) is 16.0 Å². The molecule has 0 bridgehead atoms. The minimum absolute atomic E-state index is 0.108. The third kappa shape index (κ3) is 6.40. The third-order valence-electron chi connectivity index (χ3n) is 3.11. The molecular formula is C16H25N3O2. The number of nitrogens with one attached hydrogen (secondary N) is 3. The van der Waals surface area contributed by atoms with Crippen molar-refractivity contribution in [1.29, 1.82) is 0 Å². The zero-order valence-corrected chi connectivity index (χ0v) is 13.0. The molecule has 1 aromatic carbocycles. The Morgan fingerprint density at radius 1 is 1.24 bits per heavy atom. The monoisotopic (exact) mass is 291 g/mol. The van der Waals surface area contributed by atoms with Gasteiger partial charge in [0.05, 0.1) is 6.54 Å². The fraction of sp³-hybridized carbons (Fsp3) is 0.500. The van der Waals surface area contributed by atoms with Gasteiger partial charge in [0.15, 0.2) is 0 Å². The summed E-state index contributed by atoms with van der Waals surface area (Å²) < 4.78 is 0. The summed E-state index contributed by atoms with van der Waals surface area (Å²) in [5, 5.41) is 8.72. The second-order valence-electron chi connectivity index (χ2n) is 5.09. The van der Waals surface area contributed by atoms with E-state index in [-0.39, 0.29) is 24.4 Å². The molecule has 1 rings (SSSR count). The predicted octanol–water partition coefficient (Wildman–Crippen LogP) is 2.15. The van der Waals surface area contributed by atoms with Gasteiger partial charge in [0.25, 0.3) is 5.91 Å². The van der Waals surface area contributed by atoms with E-state index >= 15 is 0 Å². The molecule has 0 saturated carbocycles. The Hall–Kier alpha value is -1.88. The summed E-state index contributed by atoms with van der Waals surface area (Å²) >= 11 is 0. The maximum Gasteiger partial charge on any atom is 0.251 e. The standard InChI is InChI=1S/C16H25N3O2/c1-4-9-17-11-15(20)19-14-8-6-7-13(10-14)16(21)18-12(3)5-2/h6-8,10,12,17H,4-5,9,11H2,1-3H3,(H,18,21)(H,19,20). The molecule has 0 heterocycles. The Balaban J connectivity index is 2.59. The van der Waals surface area contributed by atoms with Crippen molar-refractivity contribution in [3.63, 3.8) is 0 Å². The van der Waals surface area contributed by atoms with Gasteiger partial charge in [-0.25, -0.2) is 0 Å². The summed E-state index contributed by atoms with van der Waals surface area (Å²) in [4.78, 5) is 23.7. The van der Waals surface area contributed by atoms with Crippen LogP contribution in [0.5, 0.6) is 0 Å². The summed E-state index contributed by atoms with van der Waals surface area (Å²) in [5.74, 6) is -0.229. The number of carbonyl (C=O) groups is 2. The molecule has 1 aromatic rings. The van der Waals surface area contributed by atoms with Gasteiger partial charge in [-0.1, -0.05) is 19.9 Å². The van der Waals surface area contributed by atoms with Crippen LogP contribution < -0.4 is 16.0 Å². The molecule has 0 fully saturated rings. The average molecular weight is 291 g/mol. The van der Waals surface area contributed by atoms with E-state index in [1.807, 2.05) is 20.8 Å². The fourth-order valence-electron chi connectivity index (χ4n) is 1.73. The molecular weight excluding hydrogens is 266 g/mol.